The highest BCUT2D eigenvalue weighted by atomic mass is 19.1. The number of fused-ring (bicyclic) bond motifs is 1. The molecule has 2 aromatic carbocycles. The van der Waals surface area contributed by atoms with Gasteiger partial charge in [-0.1, -0.05) is 12.6 Å². The zero-order chi connectivity index (χ0) is 31.5. The fourth-order valence-corrected chi connectivity index (χ4v) is 5.09. The van der Waals surface area contributed by atoms with Crippen LogP contribution in [-0.2, 0) is 29.0 Å². The van der Waals surface area contributed by atoms with E-state index in [9.17, 15) is 4.79 Å². The predicted molar refractivity (Wildman–Crippen MR) is 159 cm³/mol. The molecule has 0 spiro atoms. The number of hydrogen-bond donors (Lipinski definition) is 0. The monoisotopic (exact) mass is 611 g/mol. The van der Waals surface area contributed by atoms with Crippen molar-refractivity contribution < 1.29 is 32.5 Å². The van der Waals surface area contributed by atoms with E-state index >= 15 is 8.78 Å². The van der Waals surface area contributed by atoms with Gasteiger partial charge in [-0.3, -0.25) is 0 Å². The quantitative estimate of drug-likeness (QED) is 0.138. The molecule has 6 rings (SSSR count). The number of methoxy groups -OCH3 is 2. The van der Waals surface area contributed by atoms with Gasteiger partial charge in [0, 0.05) is 30.7 Å². The minimum Gasteiger partial charge on any atom is -0.497 e. The molecule has 1 atom stereocenters. The lowest BCUT2D eigenvalue weighted by atomic mass is 10.0. The van der Waals surface area contributed by atoms with Crippen LogP contribution >= 0.6 is 0 Å². The lowest BCUT2D eigenvalue weighted by Crippen LogP contribution is -2.31. The fraction of sp³-hybridized carbons (Fsp3) is 0.242. The Morgan fingerprint density at radius 1 is 1.09 bits per heavy atom. The van der Waals surface area contributed by atoms with Crippen LogP contribution in [0.25, 0.3) is 27.1 Å². The van der Waals surface area contributed by atoms with Gasteiger partial charge in [0.2, 0.25) is 5.88 Å². The number of nitrogens with zero attached hydrogens (tertiary/aromatic N) is 5. The molecule has 10 nitrogen and oxygen atoms in total. The number of hydrogen-bond acceptors (Lipinski definition) is 8. The molecule has 228 valence electrons. The van der Waals surface area contributed by atoms with E-state index in [0.717, 1.165) is 18.6 Å². The summed E-state index contributed by atoms with van der Waals surface area (Å²) in [5, 5.41) is 0. The van der Waals surface area contributed by atoms with Crippen molar-refractivity contribution in [1.29, 1.82) is 0 Å². The second-order valence-electron chi connectivity index (χ2n) is 10.3. The Hall–Kier alpha value is -5.41. The summed E-state index contributed by atoms with van der Waals surface area (Å²) in [4.78, 5) is 28.5. The SMILES string of the molecule is [C-]#[N+]c1cc(OC)c(COc2cccc(-c3cc(F)c(Cc4nc5ccc(C(=O)OC)cc5n4C[C@@H]4CCO4)cc3F)n2)cn1. The van der Waals surface area contributed by atoms with E-state index in [1.165, 1.54) is 26.5 Å². The van der Waals surface area contributed by atoms with Gasteiger partial charge >= 0.3 is 5.97 Å². The zero-order valence-electron chi connectivity index (χ0n) is 24.4. The Labute approximate surface area is 257 Å². The van der Waals surface area contributed by atoms with Gasteiger partial charge in [0.25, 0.3) is 5.82 Å². The van der Waals surface area contributed by atoms with Gasteiger partial charge in [0.05, 0.1) is 54.7 Å². The largest absolute Gasteiger partial charge is 0.497 e. The fourth-order valence-electron chi connectivity index (χ4n) is 5.09. The Balaban J connectivity index is 1.26. The van der Waals surface area contributed by atoms with Crippen LogP contribution in [0.3, 0.4) is 0 Å². The van der Waals surface area contributed by atoms with Crippen molar-refractivity contribution in [3.8, 4) is 22.9 Å². The number of halogens is 2. The summed E-state index contributed by atoms with van der Waals surface area (Å²) in [6, 6.07) is 13.6. The lowest BCUT2D eigenvalue weighted by molar-refractivity contribution is -0.0589. The molecule has 0 amide bonds. The summed E-state index contributed by atoms with van der Waals surface area (Å²) in [6.45, 7) is 8.26. The third kappa shape index (κ3) is 6.16. The van der Waals surface area contributed by atoms with Gasteiger partial charge < -0.3 is 28.4 Å². The van der Waals surface area contributed by atoms with E-state index in [0.29, 0.717) is 46.9 Å². The summed E-state index contributed by atoms with van der Waals surface area (Å²) in [6.07, 6.45) is 2.32. The van der Waals surface area contributed by atoms with Crippen molar-refractivity contribution in [3.63, 3.8) is 0 Å². The standard InChI is InChI=1S/C33H27F2N5O5/c1-36-30-15-29(42-2)21(16-37-30)18-45-32-6-4-5-26(39-32)23-14-24(34)20(11-25(23)35)13-31-38-27-8-7-19(33(41)43-3)12-28(27)40(31)17-22-9-10-44-22/h4-8,11-12,14-16,22H,9-10,13,17-18H2,2-3H3/t22-/m0/s1. The van der Waals surface area contributed by atoms with Crippen molar-refractivity contribution in [3.05, 3.63) is 106 Å². The van der Waals surface area contributed by atoms with Gasteiger partial charge in [-0.15, -0.1) is 4.98 Å². The van der Waals surface area contributed by atoms with Crippen LogP contribution in [0, 0.1) is 18.2 Å². The molecule has 45 heavy (non-hydrogen) atoms. The summed E-state index contributed by atoms with van der Waals surface area (Å²) < 4.78 is 54.6. The molecule has 0 unspecified atom stereocenters. The van der Waals surface area contributed by atoms with Crippen molar-refractivity contribution in [1.82, 2.24) is 19.5 Å². The first kappa shape index (κ1) is 29.7. The maximum atomic E-state index is 15.6. The van der Waals surface area contributed by atoms with Crippen LogP contribution in [-0.4, -0.2) is 52.4 Å². The first-order valence-electron chi connectivity index (χ1n) is 14.0. The molecule has 5 aromatic rings. The van der Waals surface area contributed by atoms with Crippen molar-refractivity contribution in [2.45, 2.75) is 32.1 Å². The Bertz CT molecular complexity index is 1950. The van der Waals surface area contributed by atoms with E-state index in [1.54, 1.807) is 36.4 Å². The molecule has 1 aliphatic rings. The molecular weight excluding hydrogens is 584 g/mol. The van der Waals surface area contributed by atoms with Crippen molar-refractivity contribution in [2.75, 3.05) is 20.8 Å². The highest BCUT2D eigenvalue weighted by molar-refractivity contribution is 5.93. The van der Waals surface area contributed by atoms with Gasteiger partial charge in [0.15, 0.2) is 0 Å². The van der Waals surface area contributed by atoms with E-state index in [4.69, 9.17) is 25.5 Å². The number of pyridine rings is 2. The first-order valence-corrected chi connectivity index (χ1v) is 14.0. The molecule has 12 heteroatoms. The number of imidazole rings is 1. The number of benzene rings is 2. The maximum Gasteiger partial charge on any atom is 0.337 e. The molecule has 1 aliphatic heterocycles. The molecule has 0 N–H and O–H groups in total. The van der Waals surface area contributed by atoms with Gasteiger partial charge in [-0.2, -0.15) is 0 Å². The zero-order valence-corrected chi connectivity index (χ0v) is 24.4. The normalized spacial score (nSPS) is 14.1. The van der Waals surface area contributed by atoms with E-state index in [-0.39, 0.29) is 47.7 Å². The number of carbonyl (C=O) groups excluding carboxylic acids is 1. The number of ether oxygens (including phenoxy) is 4. The predicted octanol–water partition coefficient (Wildman–Crippen LogP) is 6.08. The summed E-state index contributed by atoms with van der Waals surface area (Å²) in [5.74, 6) is -0.437. The van der Waals surface area contributed by atoms with Crippen LogP contribution in [0.1, 0.15) is 33.7 Å². The summed E-state index contributed by atoms with van der Waals surface area (Å²) in [5.41, 5.74) is 2.53. The topological polar surface area (TPSA) is 102 Å². The Morgan fingerprint density at radius 2 is 1.93 bits per heavy atom. The van der Waals surface area contributed by atoms with Crippen LogP contribution in [0.4, 0.5) is 14.6 Å². The molecule has 4 heterocycles. The van der Waals surface area contributed by atoms with Crippen LogP contribution in [0.15, 0.2) is 60.8 Å². The second-order valence-corrected chi connectivity index (χ2v) is 10.3. The Morgan fingerprint density at radius 3 is 2.67 bits per heavy atom. The number of carbonyl (C=O) groups is 1. The average molecular weight is 612 g/mol. The first-order chi connectivity index (χ1) is 21.9. The highest BCUT2D eigenvalue weighted by Crippen LogP contribution is 2.30. The number of esters is 1. The number of rotatable bonds is 10. The number of aromatic nitrogens is 4. The molecule has 1 saturated heterocycles. The molecule has 0 radical (unpaired) electrons. The summed E-state index contributed by atoms with van der Waals surface area (Å²) >= 11 is 0. The third-order valence-corrected chi connectivity index (χ3v) is 7.55. The minimum atomic E-state index is -0.658. The molecule has 0 saturated carbocycles. The average Bonchev–Trinajstić information content (AvgIpc) is 3.38. The smallest absolute Gasteiger partial charge is 0.337 e. The molecule has 3 aromatic heterocycles. The molecule has 0 aliphatic carbocycles. The van der Waals surface area contributed by atoms with Crippen LogP contribution in [0.2, 0.25) is 0 Å². The summed E-state index contributed by atoms with van der Waals surface area (Å²) in [7, 11) is 2.79. The highest BCUT2D eigenvalue weighted by Gasteiger charge is 2.24. The van der Waals surface area contributed by atoms with Crippen molar-refractivity contribution >= 4 is 22.8 Å². The van der Waals surface area contributed by atoms with E-state index in [1.807, 2.05) is 4.57 Å². The molecular formula is C33H27F2N5O5. The molecule has 0 bridgehead atoms. The molecule has 1 fully saturated rings. The second kappa shape index (κ2) is 12.7. The Kier molecular flexibility index (Phi) is 8.35. The van der Waals surface area contributed by atoms with Gasteiger partial charge in [-0.05, 0) is 48.4 Å². The van der Waals surface area contributed by atoms with Crippen LogP contribution in [0.5, 0.6) is 11.6 Å². The van der Waals surface area contributed by atoms with Crippen molar-refractivity contribution in [2.24, 2.45) is 0 Å². The maximum absolute atomic E-state index is 15.6. The minimum absolute atomic E-state index is 0.0106. The lowest BCUT2D eigenvalue weighted by Gasteiger charge is -2.27. The third-order valence-electron chi connectivity index (χ3n) is 7.55. The van der Waals surface area contributed by atoms with Gasteiger partial charge in [0.1, 0.15) is 36.0 Å². The van der Waals surface area contributed by atoms with E-state index in [2.05, 4.69) is 19.8 Å². The van der Waals surface area contributed by atoms with E-state index < -0.39 is 17.6 Å². The van der Waals surface area contributed by atoms with Gasteiger partial charge in [-0.25, -0.2) is 23.5 Å². The van der Waals surface area contributed by atoms with Crippen LogP contribution < -0.4 is 9.47 Å².